The Morgan fingerprint density at radius 3 is 2.68 bits per heavy atom. The minimum absolute atomic E-state index is 0.169. The quantitative estimate of drug-likeness (QED) is 0.492. The standard InChI is InChI=1S/C21H17ClF3NO2/c1-28-20(27)14-9-10-16(22)19-17(14)11-6-4-7-12(11)18(26-19)13-5-2-3-8-15(13)21(23,24)25/h2-6,8-12,18,26H,7H2,1H3/t11-,12+,18+/m0/s1. The molecule has 28 heavy (non-hydrogen) atoms. The Morgan fingerprint density at radius 2 is 1.96 bits per heavy atom. The van der Waals surface area contributed by atoms with Crippen LogP contribution in [0.1, 0.15) is 45.4 Å². The molecule has 7 heteroatoms. The average Bonchev–Trinajstić information content (AvgIpc) is 3.16. The van der Waals surface area contributed by atoms with Crippen molar-refractivity contribution in [2.45, 2.75) is 24.6 Å². The lowest BCUT2D eigenvalue weighted by atomic mass is 9.74. The first kappa shape index (κ1) is 18.9. The number of carbonyl (C=O) groups excluding carboxylic acids is 1. The summed E-state index contributed by atoms with van der Waals surface area (Å²) >= 11 is 6.37. The van der Waals surface area contributed by atoms with Crippen LogP contribution in [-0.4, -0.2) is 13.1 Å². The Morgan fingerprint density at radius 1 is 1.21 bits per heavy atom. The van der Waals surface area contributed by atoms with Gasteiger partial charge in [-0.05, 0) is 41.7 Å². The van der Waals surface area contributed by atoms with Crippen molar-refractivity contribution in [2.75, 3.05) is 12.4 Å². The van der Waals surface area contributed by atoms with E-state index in [1.807, 2.05) is 12.2 Å². The molecule has 0 radical (unpaired) electrons. The molecule has 2 aliphatic rings. The molecule has 1 heterocycles. The summed E-state index contributed by atoms with van der Waals surface area (Å²) in [7, 11) is 1.30. The highest BCUT2D eigenvalue weighted by Gasteiger charge is 2.44. The molecule has 0 saturated carbocycles. The summed E-state index contributed by atoms with van der Waals surface area (Å²) in [4.78, 5) is 12.3. The number of anilines is 1. The Labute approximate surface area is 165 Å². The zero-order valence-corrected chi connectivity index (χ0v) is 15.6. The smallest absolute Gasteiger partial charge is 0.416 e. The number of benzene rings is 2. The highest BCUT2D eigenvalue weighted by molar-refractivity contribution is 6.33. The van der Waals surface area contributed by atoms with Gasteiger partial charge in [0.05, 0.1) is 35.0 Å². The summed E-state index contributed by atoms with van der Waals surface area (Å²) < 4.78 is 45.7. The molecule has 3 nitrogen and oxygen atoms in total. The Kier molecular flexibility index (Phi) is 4.62. The second kappa shape index (κ2) is 6.85. The molecular formula is C21H17ClF3NO2. The number of ether oxygens (including phenoxy) is 1. The molecule has 1 aliphatic heterocycles. The van der Waals surface area contributed by atoms with Gasteiger partial charge in [0.2, 0.25) is 0 Å². The number of rotatable bonds is 2. The van der Waals surface area contributed by atoms with E-state index in [-0.39, 0.29) is 17.4 Å². The number of halogens is 4. The molecule has 0 fully saturated rings. The van der Waals surface area contributed by atoms with E-state index in [4.69, 9.17) is 16.3 Å². The molecule has 0 amide bonds. The SMILES string of the molecule is COC(=O)c1ccc(Cl)c2c1[C@H]1C=CC[C@H]1[C@H](c1ccccc1C(F)(F)F)N2. The molecule has 2 aromatic rings. The molecule has 3 atom stereocenters. The van der Waals surface area contributed by atoms with E-state index < -0.39 is 23.8 Å². The van der Waals surface area contributed by atoms with Crippen LogP contribution in [0, 0.1) is 5.92 Å². The van der Waals surface area contributed by atoms with Gasteiger partial charge in [-0.25, -0.2) is 4.79 Å². The number of carbonyl (C=O) groups is 1. The number of alkyl halides is 3. The third-order valence-corrected chi connectivity index (χ3v) is 5.79. The summed E-state index contributed by atoms with van der Waals surface area (Å²) in [6.07, 6.45) is 0.0203. The van der Waals surface area contributed by atoms with Crippen LogP contribution in [0.4, 0.5) is 18.9 Å². The van der Waals surface area contributed by atoms with Crippen LogP contribution >= 0.6 is 11.6 Å². The van der Waals surface area contributed by atoms with Gasteiger partial charge in [0, 0.05) is 5.92 Å². The van der Waals surface area contributed by atoms with E-state index >= 15 is 0 Å². The van der Waals surface area contributed by atoms with Crippen LogP contribution in [0.3, 0.4) is 0 Å². The van der Waals surface area contributed by atoms with E-state index in [0.717, 1.165) is 6.07 Å². The highest BCUT2D eigenvalue weighted by atomic mass is 35.5. The normalized spacial score (nSPS) is 23.0. The number of methoxy groups -OCH3 is 1. The number of esters is 1. The minimum atomic E-state index is -4.46. The lowest BCUT2D eigenvalue weighted by molar-refractivity contribution is -0.138. The van der Waals surface area contributed by atoms with Crippen molar-refractivity contribution in [1.29, 1.82) is 0 Å². The first-order chi connectivity index (χ1) is 13.3. The monoisotopic (exact) mass is 407 g/mol. The first-order valence-corrected chi connectivity index (χ1v) is 9.20. The van der Waals surface area contributed by atoms with Gasteiger partial charge in [0.1, 0.15) is 0 Å². The molecule has 1 N–H and O–H groups in total. The van der Waals surface area contributed by atoms with Gasteiger partial charge in [-0.1, -0.05) is 42.0 Å². The van der Waals surface area contributed by atoms with E-state index in [2.05, 4.69) is 5.32 Å². The summed E-state index contributed by atoms with van der Waals surface area (Å²) in [5.74, 6) is -0.892. The first-order valence-electron chi connectivity index (χ1n) is 8.83. The van der Waals surface area contributed by atoms with Crippen molar-refractivity contribution in [3.05, 3.63) is 75.8 Å². The summed E-state index contributed by atoms with van der Waals surface area (Å²) in [5.41, 5.74) is 1.05. The zero-order valence-electron chi connectivity index (χ0n) is 14.9. The molecular weight excluding hydrogens is 391 g/mol. The van der Waals surface area contributed by atoms with E-state index in [0.29, 0.717) is 28.3 Å². The topological polar surface area (TPSA) is 38.3 Å². The van der Waals surface area contributed by atoms with E-state index in [1.54, 1.807) is 18.2 Å². The number of nitrogens with one attached hydrogen (secondary N) is 1. The third-order valence-electron chi connectivity index (χ3n) is 5.48. The van der Waals surface area contributed by atoms with Crippen molar-refractivity contribution in [1.82, 2.24) is 0 Å². The van der Waals surface area contributed by atoms with Crippen LogP contribution in [0.2, 0.25) is 5.02 Å². The lowest BCUT2D eigenvalue weighted by Gasteiger charge is -2.39. The fourth-order valence-electron chi connectivity index (χ4n) is 4.30. The second-order valence-corrected chi connectivity index (χ2v) is 7.34. The van der Waals surface area contributed by atoms with Gasteiger partial charge in [-0.2, -0.15) is 13.2 Å². The minimum Gasteiger partial charge on any atom is -0.465 e. The molecule has 1 aliphatic carbocycles. The predicted molar refractivity (Wildman–Crippen MR) is 101 cm³/mol. The van der Waals surface area contributed by atoms with Gasteiger partial charge in [0.25, 0.3) is 0 Å². The number of hydrogen-bond donors (Lipinski definition) is 1. The van der Waals surface area contributed by atoms with Crippen molar-refractivity contribution in [3.63, 3.8) is 0 Å². The van der Waals surface area contributed by atoms with Gasteiger partial charge in [-0.15, -0.1) is 0 Å². The molecule has 0 spiro atoms. The lowest BCUT2D eigenvalue weighted by Crippen LogP contribution is -2.32. The summed E-state index contributed by atoms with van der Waals surface area (Å²) in [6, 6.07) is 8.15. The van der Waals surface area contributed by atoms with Gasteiger partial charge < -0.3 is 10.1 Å². The predicted octanol–water partition coefficient (Wildman–Crippen LogP) is 5.97. The molecule has 4 rings (SSSR count). The average molecular weight is 408 g/mol. The van der Waals surface area contributed by atoms with Gasteiger partial charge >= 0.3 is 12.1 Å². The van der Waals surface area contributed by atoms with Crippen molar-refractivity contribution >= 4 is 23.3 Å². The second-order valence-electron chi connectivity index (χ2n) is 6.94. The molecule has 2 aromatic carbocycles. The van der Waals surface area contributed by atoms with Crippen LogP contribution in [0.5, 0.6) is 0 Å². The Balaban J connectivity index is 1.89. The maximum Gasteiger partial charge on any atom is 0.416 e. The van der Waals surface area contributed by atoms with Crippen LogP contribution in [0.25, 0.3) is 0 Å². The largest absolute Gasteiger partial charge is 0.465 e. The van der Waals surface area contributed by atoms with Gasteiger partial charge in [0.15, 0.2) is 0 Å². The zero-order chi connectivity index (χ0) is 20.1. The summed E-state index contributed by atoms with van der Waals surface area (Å²) in [6.45, 7) is 0. The molecule has 0 saturated heterocycles. The molecule has 146 valence electrons. The number of allylic oxidation sites excluding steroid dienone is 2. The Bertz CT molecular complexity index is 971. The molecule has 0 aromatic heterocycles. The fraction of sp³-hybridized carbons (Fsp3) is 0.286. The fourth-order valence-corrected chi connectivity index (χ4v) is 4.52. The van der Waals surface area contributed by atoms with Gasteiger partial charge in [-0.3, -0.25) is 0 Å². The van der Waals surface area contributed by atoms with Crippen LogP contribution in [-0.2, 0) is 10.9 Å². The van der Waals surface area contributed by atoms with Crippen molar-refractivity contribution in [3.8, 4) is 0 Å². The highest BCUT2D eigenvalue weighted by Crippen LogP contribution is 2.54. The van der Waals surface area contributed by atoms with E-state index in [1.165, 1.54) is 19.2 Å². The van der Waals surface area contributed by atoms with E-state index in [9.17, 15) is 18.0 Å². The molecule has 0 bridgehead atoms. The third kappa shape index (κ3) is 2.96. The van der Waals surface area contributed by atoms with Crippen LogP contribution < -0.4 is 5.32 Å². The molecule has 0 unspecified atom stereocenters. The van der Waals surface area contributed by atoms with Crippen molar-refractivity contribution < 1.29 is 22.7 Å². The summed E-state index contributed by atoms with van der Waals surface area (Å²) in [5, 5.41) is 3.56. The maximum atomic E-state index is 13.6. The van der Waals surface area contributed by atoms with Crippen molar-refractivity contribution in [2.24, 2.45) is 5.92 Å². The van der Waals surface area contributed by atoms with Crippen LogP contribution in [0.15, 0.2) is 48.6 Å². The Hall–Kier alpha value is -2.47. The maximum absolute atomic E-state index is 13.6. The number of fused-ring (bicyclic) bond motifs is 3. The number of hydrogen-bond acceptors (Lipinski definition) is 3.